The van der Waals surface area contributed by atoms with Crippen molar-refractivity contribution in [3.63, 3.8) is 0 Å². The van der Waals surface area contributed by atoms with Gasteiger partial charge in [0.05, 0.1) is 6.42 Å². The third kappa shape index (κ3) is 2.13. The Morgan fingerprint density at radius 3 is 2.61 bits per heavy atom. The van der Waals surface area contributed by atoms with Gasteiger partial charge in [0, 0.05) is 29.1 Å². The van der Waals surface area contributed by atoms with Crippen molar-refractivity contribution in [2.75, 3.05) is 0 Å². The van der Waals surface area contributed by atoms with Gasteiger partial charge in [0.2, 0.25) is 0 Å². The number of halogens is 3. The van der Waals surface area contributed by atoms with Crippen LogP contribution in [0.1, 0.15) is 12.1 Å². The number of carbonyl (C=O) groups is 1. The van der Waals surface area contributed by atoms with Crippen LogP contribution in [0.5, 0.6) is 0 Å². The molecule has 0 radical (unpaired) electrons. The predicted molar refractivity (Wildman–Crippen MR) is 57.6 cm³/mol. The number of carboxylic acids is 1. The number of aryl methyl sites for hydroxylation is 1. The molecule has 0 aliphatic carbocycles. The van der Waals surface area contributed by atoms with E-state index in [1.165, 1.54) is 12.3 Å². The van der Waals surface area contributed by atoms with E-state index in [2.05, 4.69) is 4.98 Å². The van der Waals surface area contributed by atoms with E-state index in [0.29, 0.717) is 0 Å². The number of benzene rings is 1. The fraction of sp³-hybridized carbons (Fsp3) is 0.167. The van der Waals surface area contributed by atoms with Crippen molar-refractivity contribution in [2.45, 2.75) is 12.8 Å². The summed E-state index contributed by atoms with van der Waals surface area (Å²) in [6.07, 6.45) is 1.05. The molecular weight excluding hydrogens is 247 g/mol. The van der Waals surface area contributed by atoms with E-state index in [9.17, 15) is 18.0 Å². The van der Waals surface area contributed by atoms with Gasteiger partial charge in [-0.1, -0.05) is 0 Å². The molecule has 0 bridgehead atoms. The summed E-state index contributed by atoms with van der Waals surface area (Å²) >= 11 is 0. The Kier molecular flexibility index (Phi) is 3.18. The molecule has 1 aromatic carbocycles. The topological polar surface area (TPSA) is 50.2 Å². The molecule has 1 N–H and O–H groups in total. The highest BCUT2D eigenvalue weighted by atomic mass is 19.2. The molecule has 3 nitrogen and oxygen atoms in total. The number of nitrogens with zero attached hydrogens (tertiary/aromatic N) is 1. The number of hydrogen-bond donors (Lipinski definition) is 1. The third-order valence-electron chi connectivity index (χ3n) is 2.56. The van der Waals surface area contributed by atoms with E-state index >= 15 is 0 Å². The number of hydrogen-bond acceptors (Lipinski definition) is 2. The van der Waals surface area contributed by atoms with Gasteiger partial charge in [-0.25, -0.2) is 13.2 Å². The van der Waals surface area contributed by atoms with E-state index in [1.54, 1.807) is 0 Å². The molecule has 0 fully saturated rings. The first kappa shape index (κ1) is 12.3. The lowest BCUT2D eigenvalue weighted by atomic mass is 10.1. The molecule has 0 saturated carbocycles. The first-order valence-electron chi connectivity index (χ1n) is 5.13. The van der Waals surface area contributed by atoms with Crippen LogP contribution >= 0.6 is 0 Å². The van der Waals surface area contributed by atoms with Crippen LogP contribution in [0.4, 0.5) is 13.2 Å². The summed E-state index contributed by atoms with van der Waals surface area (Å²) in [6.45, 7) is 0. The van der Waals surface area contributed by atoms with E-state index in [1.807, 2.05) is 0 Å². The number of fused-ring (bicyclic) bond motifs is 1. The number of rotatable bonds is 3. The molecule has 18 heavy (non-hydrogen) atoms. The Morgan fingerprint density at radius 2 is 1.94 bits per heavy atom. The molecule has 2 aromatic rings. The second-order valence-electron chi connectivity index (χ2n) is 3.73. The zero-order chi connectivity index (χ0) is 13.3. The van der Waals surface area contributed by atoms with Gasteiger partial charge in [0.15, 0.2) is 17.5 Å². The van der Waals surface area contributed by atoms with Gasteiger partial charge in [-0.3, -0.25) is 9.78 Å². The zero-order valence-electron chi connectivity index (χ0n) is 9.08. The highest BCUT2D eigenvalue weighted by molar-refractivity contribution is 5.85. The summed E-state index contributed by atoms with van der Waals surface area (Å²) in [4.78, 5) is 14.3. The molecule has 2 rings (SSSR count). The normalized spacial score (nSPS) is 10.8. The van der Waals surface area contributed by atoms with Crippen molar-refractivity contribution in [1.82, 2.24) is 4.98 Å². The molecule has 94 valence electrons. The summed E-state index contributed by atoms with van der Waals surface area (Å²) in [5.74, 6) is -5.19. The van der Waals surface area contributed by atoms with Gasteiger partial charge in [0.25, 0.3) is 0 Å². The van der Waals surface area contributed by atoms with Crippen molar-refractivity contribution in [3.8, 4) is 0 Å². The van der Waals surface area contributed by atoms with Crippen molar-refractivity contribution < 1.29 is 23.1 Å². The Labute approximate surface area is 99.9 Å². The lowest BCUT2D eigenvalue weighted by Crippen LogP contribution is -2.01. The minimum absolute atomic E-state index is 0.0250. The summed E-state index contributed by atoms with van der Waals surface area (Å²) in [7, 11) is 0. The van der Waals surface area contributed by atoms with Crippen molar-refractivity contribution in [1.29, 1.82) is 0 Å². The molecule has 6 heteroatoms. The highest BCUT2D eigenvalue weighted by Gasteiger charge is 2.16. The van der Waals surface area contributed by atoms with E-state index in [4.69, 9.17) is 5.11 Å². The maximum atomic E-state index is 13.5. The third-order valence-corrected chi connectivity index (χ3v) is 2.56. The second-order valence-corrected chi connectivity index (χ2v) is 3.73. The highest BCUT2D eigenvalue weighted by Crippen LogP contribution is 2.25. The van der Waals surface area contributed by atoms with Crippen molar-refractivity contribution >= 4 is 16.7 Å². The van der Waals surface area contributed by atoms with Gasteiger partial charge < -0.3 is 5.11 Å². The van der Waals surface area contributed by atoms with Crippen LogP contribution in [0.15, 0.2) is 18.3 Å². The van der Waals surface area contributed by atoms with Crippen LogP contribution in [0.3, 0.4) is 0 Å². The predicted octanol–water partition coefficient (Wildman–Crippen LogP) is 2.67. The van der Waals surface area contributed by atoms with Crippen LogP contribution in [-0.2, 0) is 11.2 Å². The Morgan fingerprint density at radius 1 is 1.22 bits per heavy atom. The van der Waals surface area contributed by atoms with E-state index in [0.717, 1.165) is 6.07 Å². The summed E-state index contributed by atoms with van der Waals surface area (Å²) in [5, 5.41) is 8.55. The molecule has 0 aliphatic rings. The lowest BCUT2D eigenvalue weighted by Gasteiger charge is -2.06. The Bertz CT molecular complexity index is 628. The van der Waals surface area contributed by atoms with Gasteiger partial charge in [0.1, 0.15) is 0 Å². The average molecular weight is 255 g/mol. The molecule has 1 heterocycles. The molecule has 1 aromatic heterocycles. The monoisotopic (exact) mass is 255 g/mol. The maximum absolute atomic E-state index is 13.5. The number of aliphatic carboxylic acids is 1. The summed E-state index contributed by atoms with van der Waals surface area (Å²) < 4.78 is 39.7. The van der Waals surface area contributed by atoms with E-state index in [-0.39, 0.29) is 29.3 Å². The standard InChI is InChI=1S/C12H8F3NO2/c13-8-5-7-6(11(14)12(8)15)3-4-16-9(7)1-2-10(17)18/h3-5H,1-2H2,(H,17,18). The molecule has 0 saturated heterocycles. The number of aromatic nitrogens is 1. The van der Waals surface area contributed by atoms with Crippen LogP contribution in [0.25, 0.3) is 10.8 Å². The molecule has 0 atom stereocenters. The Balaban J connectivity index is 2.59. The fourth-order valence-corrected chi connectivity index (χ4v) is 1.71. The minimum atomic E-state index is -1.54. The van der Waals surface area contributed by atoms with Crippen molar-refractivity contribution in [2.24, 2.45) is 0 Å². The summed E-state index contributed by atoms with van der Waals surface area (Å²) in [5.41, 5.74) is 0.229. The smallest absolute Gasteiger partial charge is 0.303 e. The fourth-order valence-electron chi connectivity index (χ4n) is 1.71. The van der Waals surface area contributed by atoms with Gasteiger partial charge in [-0.2, -0.15) is 0 Å². The zero-order valence-corrected chi connectivity index (χ0v) is 9.08. The van der Waals surface area contributed by atoms with Crippen LogP contribution in [0.2, 0.25) is 0 Å². The van der Waals surface area contributed by atoms with Gasteiger partial charge >= 0.3 is 5.97 Å². The molecule has 0 aliphatic heterocycles. The molecule has 0 amide bonds. The first-order valence-corrected chi connectivity index (χ1v) is 5.13. The average Bonchev–Trinajstić information content (AvgIpc) is 2.34. The van der Waals surface area contributed by atoms with Gasteiger partial charge in [-0.05, 0) is 12.1 Å². The quantitative estimate of drug-likeness (QED) is 0.858. The SMILES string of the molecule is O=C(O)CCc1nccc2c(F)c(F)c(F)cc12. The van der Waals surface area contributed by atoms with Crippen LogP contribution in [0, 0.1) is 17.5 Å². The number of pyridine rings is 1. The van der Waals surface area contributed by atoms with E-state index < -0.39 is 23.4 Å². The molecule has 0 spiro atoms. The molecule has 0 unspecified atom stereocenters. The van der Waals surface area contributed by atoms with Crippen LogP contribution in [-0.4, -0.2) is 16.1 Å². The number of carboxylic acid groups (broad SMARTS) is 1. The minimum Gasteiger partial charge on any atom is -0.481 e. The van der Waals surface area contributed by atoms with Gasteiger partial charge in [-0.15, -0.1) is 0 Å². The lowest BCUT2D eigenvalue weighted by molar-refractivity contribution is -0.136. The molecular formula is C12H8F3NO2. The Hall–Kier alpha value is -2.11. The van der Waals surface area contributed by atoms with Crippen molar-refractivity contribution in [3.05, 3.63) is 41.5 Å². The van der Waals surface area contributed by atoms with Crippen LogP contribution < -0.4 is 0 Å². The summed E-state index contributed by atoms with van der Waals surface area (Å²) in [6, 6.07) is 2.05. The second kappa shape index (κ2) is 4.64. The maximum Gasteiger partial charge on any atom is 0.303 e. The first-order chi connectivity index (χ1) is 8.50. The largest absolute Gasteiger partial charge is 0.481 e.